The van der Waals surface area contributed by atoms with Crippen molar-refractivity contribution in [1.29, 1.82) is 0 Å². The third-order valence-electron chi connectivity index (χ3n) is 3.87. The summed E-state index contributed by atoms with van der Waals surface area (Å²) in [7, 11) is 0. The van der Waals surface area contributed by atoms with E-state index in [9.17, 15) is 13.2 Å². The fourth-order valence-corrected chi connectivity index (χ4v) is 2.80. The molecule has 1 aliphatic rings. The number of rotatable bonds is 2. The maximum absolute atomic E-state index is 13.0. The van der Waals surface area contributed by atoms with Gasteiger partial charge in [-0.2, -0.15) is 18.3 Å². The van der Waals surface area contributed by atoms with Crippen molar-refractivity contribution in [1.82, 2.24) is 19.7 Å². The first-order valence-corrected chi connectivity index (χ1v) is 7.34. The molecule has 0 aliphatic carbocycles. The molecule has 24 heavy (non-hydrogen) atoms. The van der Waals surface area contributed by atoms with Crippen molar-refractivity contribution in [3.05, 3.63) is 54.0 Å². The molecular weight excluding hydrogens is 319 g/mol. The van der Waals surface area contributed by atoms with E-state index >= 15 is 0 Å². The summed E-state index contributed by atoms with van der Waals surface area (Å²) in [6.07, 6.45) is 1.06. The molecule has 122 valence electrons. The number of halogens is 3. The molecule has 0 saturated heterocycles. The van der Waals surface area contributed by atoms with Gasteiger partial charge in [-0.3, -0.25) is 9.97 Å². The Morgan fingerprint density at radius 3 is 2.79 bits per heavy atom. The van der Waals surface area contributed by atoms with E-state index in [4.69, 9.17) is 0 Å². The van der Waals surface area contributed by atoms with Gasteiger partial charge < -0.3 is 5.32 Å². The molecule has 8 heteroatoms. The lowest BCUT2D eigenvalue weighted by Crippen LogP contribution is -2.08. The standard InChI is InChI=1S/C16H12F3N5/c17-16(18,19)10-2-1-3-11(8-10)24-15-12(4-5-22-15)14(23-24)13-9-20-6-7-21-13/h1-3,6-9,22H,4-5H2. The van der Waals surface area contributed by atoms with Gasteiger partial charge in [0.2, 0.25) is 0 Å². The van der Waals surface area contributed by atoms with Gasteiger partial charge >= 0.3 is 6.18 Å². The summed E-state index contributed by atoms with van der Waals surface area (Å²) in [5.41, 5.74) is 1.82. The number of fused-ring (bicyclic) bond motifs is 1. The second-order valence-electron chi connectivity index (χ2n) is 5.40. The van der Waals surface area contributed by atoms with Crippen LogP contribution >= 0.6 is 0 Å². The molecule has 1 aromatic carbocycles. The molecule has 0 saturated carbocycles. The summed E-state index contributed by atoms with van der Waals surface area (Å²) in [5.74, 6) is 0.704. The fraction of sp³-hybridized carbons (Fsp3) is 0.188. The molecule has 3 heterocycles. The van der Waals surface area contributed by atoms with Crippen LogP contribution in [0.15, 0.2) is 42.9 Å². The molecule has 4 rings (SSSR count). The monoisotopic (exact) mass is 331 g/mol. The van der Waals surface area contributed by atoms with Crippen LogP contribution in [0.1, 0.15) is 11.1 Å². The van der Waals surface area contributed by atoms with Crippen LogP contribution in [-0.4, -0.2) is 26.3 Å². The van der Waals surface area contributed by atoms with Crippen LogP contribution in [0.25, 0.3) is 17.1 Å². The normalized spacial score (nSPS) is 13.6. The minimum Gasteiger partial charge on any atom is -0.369 e. The van der Waals surface area contributed by atoms with E-state index in [-0.39, 0.29) is 0 Å². The number of benzene rings is 1. The van der Waals surface area contributed by atoms with Gasteiger partial charge in [-0.05, 0) is 24.6 Å². The van der Waals surface area contributed by atoms with Gasteiger partial charge in [0.1, 0.15) is 17.2 Å². The van der Waals surface area contributed by atoms with E-state index < -0.39 is 11.7 Å². The fourth-order valence-electron chi connectivity index (χ4n) is 2.80. The summed E-state index contributed by atoms with van der Waals surface area (Å²) in [6, 6.07) is 5.12. The van der Waals surface area contributed by atoms with E-state index in [0.29, 0.717) is 29.4 Å². The number of anilines is 1. The molecule has 0 unspecified atom stereocenters. The van der Waals surface area contributed by atoms with Crippen LogP contribution in [0.4, 0.5) is 19.0 Å². The van der Waals surface area contributed by atoms with Crippen molar-refractivity contribution in [3.63, 3.8) is 0 Å². The van der Waals surface area contributed by atoms with Gasteiger partial charge in [0.05, 0.1) is 17.4 Å². The van der Waals surface area contributed by atoms with Gasteiger partial charge in [-0.1, -0.05) is 6.07 Å². The first-order valence-electron chi connectivity index (χ1n) is 7.34. The average molecular weight is 331 g/mol. The van der Waals surface area contributed by atoms with Crippen molar-refractivity contribution in [2.75, 3.05) is 11.9 Å². The maximum atomic E-state index is 13.0. The topological polar surface area (TPSA) is 55.6 Å². The van der Waals surface area contributed by atoms with Crippen LogP contribution in [-0.2, 0) is 12.6 Å². The largest absolute Gasteiger partial charge is 0.416 e. The predicted molar refractivity (Wildman–Crippen MR) is 81.8 cm³/mol. The highest BCUT2D eigenvalue weighted by Crippen LogP contribution is 2.35. The average Bonchev–Trinajstić information content (AvgIpc) is 3.17. The van der Waals surface area contributed by atoms with Gasteiger partial charge in [0.15, 0.2) is 0 Å². The summed E-state index contributed by atoms with van der Waals surface area (Å²) in [5, 5.41) is 7.67. The van der Waals surface area contributed by atoms with Crippen LogP contribution < -0.4 is 5.32 Å². The molecule has 0 spiro atoms. The second-order valence-corrected chi connectivity index (χ2v) is 5.40. The van der Waals surface area contributed by atoms with E-state index in [1.807, 2.05) is 0 Å². The van der Waals surface area contributed by atoms with E-state index in [0.717, 1.165) is 24.1 Å². The number of aromatic nitrogens is 4. The highest BCUT2D eigenvalue weighted by Gasteiger charge is 2.31. The first kappa shape index (κ1) is 14.7. The summed E-state index contributed by atoms with van der Waals surface area (Å²) >= 11 is 0. The Morgan fingerprint density at radius 1 is 1.17 bits per heavy atom. The number of nitrogens with one attached hydrogen (secondary N) is 1. The number of nitrogens with zero attached hydrogens (tertiary/aromatic N) is 4. The number of hydrogen-bond donors (Lipinski definition) is 1. The molecule has 0 radical (unpaired) electrons. The molecule has 3 aromatic rings. The lowest BCUT2D eigenvalue weighted by Gasteiger charge is -2.10. The van der Waals surface area contributed by atoms with Crippen LogP contribution in [0.5, 0.6) is 0 Å². The molecule has 5 nitrogen and oxygen atoms in total. The lowest BCUT2D eigenvalue weighted by atomic mass is 10.1. The van der Waals surface area contributed by atoms with Crippen LogP contribution in [0.3, 0.4) is 0 Å². The van der Waals surface area contributed by atoms with Gasteiger partial charge in [0, 0.05) is 24.5 Å². The smallest absolute Gasteiger partial charge is 0.369 e. The lowest BCUT2D eigenvalue weighted by molar-refractivity contribution is -0.137. The van der Waals surface area contributed by atoms with Gasteiger partial charge in [-0.25, -0.2) is 4.68 Å². The Labute approximate surface area is 135 Å². The summed E-state index contributed by atoms with van der Waals surface area (Å²) in [6.45, 7) is 0.708. The second kappa shape index (κ2) is 5.33. The van der Waals surface area contributed by atoms with Crippen LogP contribution in [0, 0.1) is 0 Å². The molecule has 0 atom stereocenters. The van der Waals surface area contributed by atoms with Crippen molar-refractivity contribution >= 4 is 5.82 Å². The number of hydrogen-bond acceptors (Lipinski definition) is 4. The minimum absolute atomic E-state index is 0.352. The maximum Gasteiger partial charge on any atom is 0.416 e. The Bertz CT molecular complexity index is 886. The SMILES string of the molecule is FC(F)(F)c1cccc(-n2nc(-c3cnccn3)c3c2NCC3)c1. The third kappa shape index (κ3) is 2.40. The Kier molecular flexibility index (Phi) is 3.26. The zero-order valence-corrected chi connectivity index (χ0v) is 12.4. The van der Waals surface area contributed by atoms with E-state index in [2.05, 4.69) is 20.4 Å². The molecule has 0 amide bonds. The Morgan fingerprint density at radius 2 is 2.04 bits per heavy atom. The van der Waals surface area contributed by atoms with Crippen LogP contribution in [0.2, 0.25) is 0 Å². The Balaban J connectivity index is 1.86. The van der Waals surface area contributed by atoms with Gasteiger partial charge in [0.25, 0.3) is 0 Å². The summed E-state index contributed by atoms with van der Waals surface area (Å²) < 4.78 is 40.4. The zero-order valence-electron chi connectivity index (χ0n) is 12.4. The van der Waals surface area contributed by atoms with Crippen molar-refractivity contribution in [2.45, 2.75) is 12.6 Å². The quantitative estimate of drug-likeness (QED) is 0.783. The highest BCUT2D eigenvalue weighted by atomic mass is 19.4. The highest BCUT2D eigenvalue weighted by molar-refractivity contribution is 5.70. The van der Waals surface area contributed by atoms with Crippen molar-refractivity contribution in [3.8, 4) is 17.1 Å². The van der Waals surface area contributed by atoms with Crippen molar-refractivity contribution < 1.29 is 13.2 Å². The predicted octanol–water partition coefficient (Wildman–Crippen LogP) is 3.32. The third-order valence-corrected chi connectivity index (χ3v) is 3.87. The van der Waals surface area contributed by atoms with E-state index in [1.165, 1.54) is 10.7 Å². The summed E-state index contributed by atoms with van der Waals surface area (Å²) in [4.78, 5) is 8.28. The van der Waals surface area contributed by atoms with Crippen molar-refractivity contribution in [2.24, 2.45) is 0 Å². The minimum atomic E-state index is -4.40. The molecule has 0 fully saturated rings. The van der Waals surface area contributed by atoms with Gasteiger partial charge in [-0.15, -0.1) is 0 Å². The molecule has 2 aromatic heterocycles. The molecule has 1 N–H and O–H groups in total. The Hall–Kier alpha value is -2.90. The zero-order chi connectivity index (χ0) is 16.7. The number of alkyl halides is 3. The van der Waals surface area contributed by atoms with E-state index in [1.54, 1.807) is 24.7 Å². The molecule has 1 aliphatic heterocycles. The first-order chi connectivity index (χ1) is 11.5. The molecule has 0 bridgehead atoms. The molecular formula is C16H12F3N5.